The number of carbonyl (C=O) groups is 1. The summed E-state index contributed by atoms with van der Waals surface area (Å²) in [7, 11) is -6.30. The Morgan fingerprint density at radius 1 is 1.03 bits per heavy atom. The number of rotatable bonds is 11. The molecule has 0 fully saturated rings. The Bertz CT molecular complexity index is 1210. The van der Waals surface area contributed by atoms with Crippen molar-refractivity contribution in [1.29, 1.82) is 0 Å². The van der Waals surface area contributed by atoms with Crippen LogP contribution in [0, 0.1) is 0 Å². The number of benzene rings is 2. The van der Waals surface area contributed by atoms with Crippen molar-refractivity contribution in [3.05, 3.63) is 42.5 Å². The van der Waals surface area contributed by atoms with Crippen LogP contribution in [0.25, 0.3) is 0 Å². The molecule has 188 valence electrons. The minimum absolute atomic E-state index is 0.0727. The molecule has 0 radical (unpaired) electrons. The highest BCUT2D eigenvalue weighted by Crippen LogP contribution is 2.29. The summed E-state index contributed by atoms with van der Waals surface area (Å²) in [6, 6.07) is 8.84. The van der Waals surface area contributed by atoms with Gasteiger partial charge in [0.1, 0.15) is 17.5 Å². The molecule has 0 aliphatic rings. The molecule has 1 amide bonds. The highest BCUT2D eigenvalue weighted by molar-refractivity contribution is 7.92. The molecule has 2 aromatic rings. The molecule has 0 spiro atoms. The summed E-state index contributed by atoms with van der Waals surface area (Å²) in [5, 5.41) is 2.59. The lowest BCUT2D eigenvalue weighted by Crippen LogP contribution is -2.45. The SMILES string of the molecule is CCOc1ccc(N(C(C)C(=O)Nc2cc(S(=O)(=O)NC(C)C)ccc2OC)S(C)(=O)=O)cc1. The maximum absolute atomic E-state index is 13.1. The summed E-state index contributed by atoms with van der Waals surface area (Å²) in [5.41, 5.74) is 0.365. The monoisotopic (exact) mass is 513 g/mol. The Hall–Kier alpha value is -2.83. The molecule has 0 aliphatic carbocycles. The largest absolute Gasteiger partial charge is 0.495 e. The molecule has 12 heteroatoms. The van der Waals surface area contributed by atoms with E-state index in [0.717, 1.165) is 10.6 Å². The quantitative estimate of drug-likeness (QED) is 0.472. The number of methoxy groups -OCH3 is 1. The van der Waals surface area contributed by atoms with Crippen LogP contribution in [-0.4, -0.2) is 54.8 Å². The molecule has 2 rings (SSSR count). The zero-order valence-corrected chi connectivity index (χ0v) is 21.7. The number of sulfonamides is 2. The van der Waals surface area contributed by atoms with Crippen LogP contribution in [0.3, 0.4) is 0 Å². The molecule has 1 atom stereocenters. The molecule has 34 heavy (non-hydrogen) atoms. The summed E-state index contributed by atoms with van der Waals surface area (Å²) in [5.74, 6) is 0.106. The van der Waals surface area contributed by atoms with Crippen molar-refractivity contribution in [2.75, 3.05) is 29.6 Å². The van der Waals surface area contributed by atoms with E-state index in [2.05, 4.69) is 10.0 Å². The standard InChI is InChI=1S/C22H31N3O7S2/c1-7-32-18-10-8-17(9-11-18)25(33(6,27)28)16(4)22(26)23-20-14-19(12-13-21(20)31-5)34(29,30)24-15(2)3/h8-16,24H,7H2,1-6H3,(H,23,26). The van der Waals surface area contributed by atoms with Crippen LogP contribution < -0.4 is 23.8 Å². The number of anilines is 2. The first kappa shape index (κ1) is 27.4. The van der Waals surface area contributed by atoms with Gasteiger partial charge < -0.3 is 14.8 Å². The van der Waals surface area contributed by atoms with Gasteiger partial charge in [-0.1, -0.05) is 0 Å². The topological polar surface area (TPSA) is 131 Å². The van der Waals surface area contributed by atoms with Gasteiger partial charge in [-0.25, -0.2) is 21.6 Å². The molecule has 2 N–H and O–H groups in total. The van der Waals surface area contributed by atoms with Crippen LogP contribution in [0.4, 0.5) is 11.4 Å². The molecule has 10 nitrogen and oxygen atoms in total. The van der Waals surface area contributed by atoms with Crippen molar-refractivity contribution in [1.82, 2.24) is 4.72 Å². The second-order valence-corrected chi connectivity index (χ2v) is 11.4. The molecular formula is C22H31N3O7S2. The molecular weight excluding hydrogens is 482 g/mol. The third-order valence-corrected chi connectivity index (χ3v) is 7.52. The van der Waals surface area contributed by atoms with Crippen LogP contribution >= 0.6 is 0 Å². The fourth-order valence-electron chi connectivity index (χ4n) is 3.23. The van der Waals surface area contributed by atoms with Gasteiger partial charge in [0.05, 0.1) is 36.2 Å². The van der Waals surface area contributed by atoms with E-state index in [1.807, 2.05) is 6.92 Å². The third kappa shape index (κ3) is 6.84. The van der Waals surface area contributed by atoms with E-state index in [4.69, 9.17) is 9.47 Å². The number of hydrogen-bond acceptors (Lipinski definition) is 7. The predicted octanol–water partition coefficient (Wildman–Crippen LogP) is 2.57. The summed E-state index contributed by atoms with van der Waals surface area (Å²) in [6.45, 7) is 7.09. The van der Waals surface area contributed by atoms with Gasteiger partial charge in [-0.15, -0.1) is 0 Å². The van der Waals surface area contributed by atoms with Crippen molar-refractivity contribution in [2.24, 2.45) is 0 Å². The van der Waals surface area contributed by atoms with Gasteiger partial charge in [-0.2, -0.15) is 0 Å². The summed E-state index contributed by atoms with van der Waals surface area (Å²) >= 11 is 0. The first-order chi connectivity index (χ1) is 15.8. The van der Waals surface area contributed by atoms with Crippen LogP contribution in [0.2, 0.25) is 0 Å². The van der Waals surface area contributed by atoms with E-state index >= 15 is 0 Å². The Morgan fingerprint density at radius 3 is 2.15 bits per heavy atom. The fourth-order valence-corrected chi connectivity index (χ4v) is 5.68. The third-order valence-electron chi connectivity index (χ3n) is 4.62. The Labute approximate surface area is 201 Å². The van der Waals surface area contributed by atoms with Crippen molar-refractivity contribution < 1.29 is 31.1 Å². The van der Waals surface area contributed by atoms with E-state index in [-0.39, 0.29) is 28.1 Å². The lowest BCUT2D eigenvalue weighted by molar-refractivity contribution is -0.116. The smallest absolute Gasteiger partial charge is 0.248 e. The van der Waals surface area contributed by atoms with Gasteiger partial charge in [-0.3, -0.25) is 9.10 Å². The maximum Gasteiger partial charge on any atom is 0.248 e. The van der Waals surface area contributed by atoms with E-state index in [1.165, 1.54) is 32.2 Å². The lowest BCUT2D eigenvalue weighted by Gasteiger charge is -2.28. The minimum atomic E-state index is -3.85. The van der Waals surface area contributed by atoms with Crippen LogP contribution in [-0.2, 0) is 24.8 Å². The number of hydrogen-bond donors (Lipinski definition) is 2. The number of ether oxygens (including phenoxy) is 2. The fraction of sp³-hybridized carbons (Fsp3) is 0.409. The average Bonchev–Trinajstić information content (AvgIpc) is 2.73. The molecule has 0 bridgehead atoms. The molecule has 0 saturated heterocycles. The second kappa shape index (κ2) is 11.1. The lowest BCUT2D eigenvalue weighted by atomic mass is 10.2. The molecule has 0 aromatic heterocycles. The zero-order chi connectivity index (χ0) is 25.7. The van der Waals surface area contributed by atoms with Crippen molar-refractivity contribution >= 4 is 37.3 Å². The normalized spacial score (nSPS) is 12.8. The number of amides is 1. The predicted molar refractivity (Wildman–Crippen MR) is 131 cm³/mol. The first-order valence-electron chi connectivity index (χ1n) is 10.5. The summed E-state index contributed by atoms with van der Waals surface area (Å²) in [6.07, 6.45) is 0.999. The van der Waals surface area contributed by atoms with E-state index < -0.39 is 32.0 Å². The van der Waals surface area contributed by atoms with Crippen LogP contribution in [0.15, 0.2) is 47.4 Å². The van der Waals surface area contributed by atoms with Crippen molar-refractivity contribution in [2.45, 2.75) is 44.7 Å². The average molecular weight is 514 g/mol. The Kier molecular flexibility index (Phi) is 8.92. The molecule has 0 heterocycles. The zero-order valence-electron chi connectivity index (χ0n) is 20.0. The van der Waals surface area contributed by atoms with E-state index in [0.29, 0.717) is 12.4 Å². The van der Waals surface area contributed by atoms with E-state index in [9.17, 15) is 21.6 Å². The molecule has 0 saturated carbocycles. The number of carbonyl (C=O) groups excluding carboxylic acids is 1. The van der Waals surface area contributed by atoms with Crippen molar-refractivity contribution in [3.63, 3.8) is 0 Å². The minimum Gasteiger partial charge on any atom is -0.495 e. The van der Waals surface area contributed by atoms with Crippen LogP contribution in [0.1, 0.15) is 27.7 Å². The summed E-state index contributed by atoms with van der Waals surface area (Å²) in [4.78, 5) is 13.0. The number of nitrogens with zero attached hydrogens (tertiary/aromatic N) is 1. The van der Waals surface area contributed by atoms with Gasteiger partial charge in [0.15, 0.2) is 0 Å². The Morgan fingerprint density at radius 2 is 1.65 bits per heavy atom. The summed E-state index contributed by atoms with van der Waals surface area (Å²) < 4.78 is 64.3. The van der Waals surface area contributed by atoms with Gasteiger partial charge in [0, 0.05) is 6.04 Å². The second-order valence-electron chi connectivity index (χ2n) is 7.79. The maximum atomic E-state index is 13.1. The van der Waals surface area contributed by atoms with Crippen LogP contribution in [0.5, 0.6) is 11.5 Å². The van der Waals surface area contributed by atoms with Gasteiger partial charge in [-0.05, 0) is 70.2 Å². The van der Waals surface area contributed by atoms with Gasteiger partial charge in [0.25, 0.3) is 0 Å². The highest BCUT2D eigenvalue weighted by atomic mass is 32.2. The first-order valence-corrected chi connectivity index (χ1v) is 13.9. The Balaban J connectivity index is 2.39. The molecule has 2 aromatic carbocycles. The highest BCUT2D eigenvalue weighted by Gasteiger charge is 2.30. The molecule has 1 unspecified atom stereocenters. The molecule has 0 aliphatic heterocycles. The van der Waals surface area contributed by atoms with Gasteiger partial charge in [0.2, 0.25) is 26.0 Å². The van der Waals surface area contributed by atoms with Crippen molar-refractivity contribution in [3.8, 4) is 11.5 Å². The van der Waals surface area contributed by atoms with Gasteiger partial charge >= 0.3 is 0 Å². The number of nitrogens with one attached hydrogen (secondary N) is 2. The van der Waals surface area contributed by atoms with E-state index in [1.54, 1.807) is 38.1 Å².